The number of rotatable bonds is 6. The minimum Gasteiger partial charge on any atom is -0.480 e. The van der Waals surface area contributed by atoms with Crippen molar-refractivity contribution in [1.82, 2.24) is 10.3 Å². The van der Waals surface area contributed by atoms with Crippen molar-refractivity contribution < 1.29 is 27.9 Å². The molecule has 5 nitrogen and oxygen atoms in total. The van der Waals surface area contributed by atoms with Crippen molar-refractivity contribution in [3.8, 4) is 0 Å². The van der Waals surface area contributed by atoms with Gasteiger partial charge in [-0.05, 0) is 25.5 Å². The van der Waals surface area contributed by atoms with Gasteiger partial charge in [0.25, 0.3) is 5.91 Å². The second-order valence-electron chi connectivity index (χ2n) is 4.07. The molecule has 1 atom stereocenters. The van der Waals surface area contributed by atoms with Gasteiger partial charge in [-0.2, -0.15) is 13.2 Å². The zero-order valence-corrected chi connectivity index (χ0v) is 12.2. The molecule has 1 rings (SSSR count). The number of nitrogens with one attached hydrogen (secondary N) is 1. The SMILES string of the molecule is C/C=C/CC(NC(=O)c1cccnc1SC(F)(F)F)C(=O)O. The van der Waals surface area contributed by atoms with E-state index < -0.39 is 40.2 Å². The molecule has 120 valence electrons. The molecule has 1 heterocycles. The molecule has 0 aliphatic heterocycles. The van der Waals surface area contributed by atoms with Gasteiger partial charge in [-0.3, -0.25) is 4.79 Å². The summed E-state index contributed by atoms with van der Waals surface area (Å²) in [6.45, 7) is 1.68. The van der Waals surface area contributed by atoms with E-state index in [1.54, 1.807) is 13.0 Å². The Morgan fingerprint density at radius 3 is 2.73 bits per heavy atom. The fourth-order valence-electron chi connectivity index (χ4n) is 1.48. The first-order valence-corrected chi connectivity index (χ1v) is 6.92. The summed E-state index contributed by atoms with van der Waals surface area (Å²) in [5.74, 6) is -2.20. The Labute approximate surface area is 128 Å². The molecule has 2 N–H and O–H groups in total. The summed E-state index contributed by atoms with van der Waals surface area (Å²) >= 11 is -0.524. The number of carbonyl (C=O) groups is 2. The smallest absolute Gasteiger partial charge is 0.447 e. The maximum Gasteiger partial charge on any atom is 0.447 e. The summed E-state index contributed by atoms with van der Waals surface area (Å²) < 4.78 is 37.3. The van der Waals surface area contributed by atoms with Gasteiger partial charge in [-0.15, -0.1) is 0 Å². The molecule has 0 saturated heterocycles. The van der Waals surface area contributed by atoms with E-state index in [1.165, 1.54) is 12.1 Å². The van der Waals surface area contributed by atoms with Crippen LogP contribution in [0.25, 0.3) is 0 Å². The third-order valence-corrected chi connectivity index (χ3v) is 3.19. The lowest BCUT2D eigenvalue weighted by Crippen LogP contribution is -2.40. The van der Waals surface area contributed by atoms with Crippen molar-refractivity contribution in [1.29, 1.82) is 0 Å². The summed E-state index contributed by atoms with van der Waals surface area (Å²) in [5.41, 5.74) is -4.92. The standard InChI is InChI=1S/C13H13F3N2O3S/c1-2-3-6-9(12(20)21)18-10(19)8-5-4-7-17-11(8)22-13(14,15)16/h2-5,7,9H,6H2,1H3,(H,18,19)(H,20,21)/b3-2+. The molecule has 0 bridgehead atoms. The maximum absolute atomic E-state index is 12.4. The van der Waals surface area contributed by atoms with Crippen LogP contribution in [0.5, 0.6) is 0 Å². The van der Waals surface area contributed by atoms with E-state index in [4.69, 9.17) is 5.11 Å². The van der Waals surface area contributed by atoms with Gasteiger partial charge in [0.1, 0.15) is 11.1 Å². The van der Waals surface area contributed by atoms with Crippen LogP contribution in [0.2, 0.25) is 0 Å². The maximum atomic E-state index is 12.4. The number of carbonyl (C=O) groups excluding carboxylic acids is 1. The molecule has 0 fully saturated rings. The number of nitrogens with zero attached hydrogens (tertiary/aromatic N) is 1. The van der Waals surface area contributed by atoms with Crippen LogP contribution >= 0.6 is 11.8 Å². The minimum absolute atomic E-state index is 0.0274. The van der Waals surface area contributed by atoms with Crippen LogP contribution in [-0.2, 0) is 4.79 Å². The van der Waals surface area contributed by atoms with Gasteiger partial charge >= 0.3 is 11.5 Å². The van der Waals surface area contributed by atoms with Crippen molar-refractivity contribution in [3.05, 3.63) is 36.0 Å². The molecule has 0 saturated carbocycles. The van der Waals surface area contributed by atoms with Crippen LogP contribution in [0.15, 0.2) is 35.5 Å². The fourth-order valence-corrected chi connectivity index (χ4v) is 2.09. The molecule has 0 aliphatic carbocycles. The monoisotopic (exact) mass is 334 g/mol. The van der Waals surface area contributed by atoms with E-state index >= 15 is 0 Å². The van der Waals surface area contributed by atoms with Gasteiger partial charge in [-0.25, -0.2) is 9.78 Å². The number of halogens is 3. The van der Waals surface area contributed by atoms with Crippen molar-refractivity contribution in [2.75, 3.05) is 0 Å². The lowest BCUT2D eigenvalue weighted by molar-refractivity contribution is -0.139. The normalized spacial score (nSPS) is 13.1. The molecule has 1 aromatic rings. The Kier molecular flexibility index (Phi) is 6.41. The predicted octanol–water partition coefficient (Wildman–Crippen LogP) is 2.84. The first-order valence-electron chi connectivity index (χ1n) is 6.10. The van der Waals surface area contributed by atoms with Crippen LogP contribution in [0, 0.1) is 0 Å². The number of hydrogen-bond acceptors (Lipinski definition) is 4. The molecule has 0 aromatic carbocycles. The van der Waals surface area contributed by atoms with Crippen LogP contribution in [0.4, 0.5) is 13.2 Å². The van der Waals surface area contributed by atoms with E-state index in [-0.39, 0.29) is 12.0 Å². The summed E-state index contributed by atoms with van der Waals surface area (Å²) in [7, 11) is 0. The Bertz CT molecular complexity index is 576. The molecule has 1 unspecified atom stereocenters. The second kappa shape index (κ2) is 7.83. The third kappa shape index (κ3) is 5.76. The van der Waals surface area contributed by atoms with Crippen LogP contribution in [0.3, 0.4) is 0 Å². The van der Waals surface area contributed by atoms with Crippen LogP contribution in [-0.4, -0.2) is 33.5 Å². The van der Waals surface area contributed by atoms with Crippen molar-refractivity contribution in [2.24, 2.45) is 0 Å². The van der Waals surface area contributed by atoms with Gasteiger partial charge in [-0.1, -0.05) is 12.2 Å². The molecular formula is C13H13F3N2O3S. The lowest BCUT2D eigenvalue weighted by atomic mass is 10.1. The summed E-state index contributed by atoms with van der Waals surface area (Å²) in [6.07, 6.45) is 4.30. The summed E-state index contributed by atoms with van der Waals surface area (Å²) in [6, 6.07) is 1.23. The number of pyridine rings is 1. The Hall–Kier alpha value is -2.03. The highest BCUT2D eigenvalue weighted by atomic mass is 32.2. The quantitative estimate of drug-likeness (QED) is 0.618. The van der Waals surface area contributed by atoms with E-state index in [0.717, 1.165) is 12.3 Å². The Balaban J connectivity index is 2.95. The van der Waals surface area contributed by atoms with Gasteiger partial charge in [0.15, 0.2) is 0 Å². The number of allylic oxidation sites excluding steroid dienone is 1. The first kappa shape index (κ1) is 18.0. The average Bonchev–Trinajstić information content (AvgIpc) is 2.41. The van der Waals surface area contributed by atoms with Gasteiger partial charge in [0.2, 0.25) is 0 Å². The molecule has 1 aromatic heterocycles. The summed E-state index contributed by atoms with van der Waals surface area (Å²) in [4.78, 5) is 26.6. The third-order valence-electron chi connectivity index (χ3n) is 2.44. The van der Waals surface area contributed by atoms with E-state index in [9.17, 15) is 22.8 Å². The van der Waals surface area contributed by atoms with Gasteiger partial charge in [0.05, 0.1) is 5.56 Å². The molecule has 0 radical (unpaired) electrons. The Morgan fingerprint density at radius 2 is 2.18 bits per heavy atom. The van der Waals surface area contributed by atoms with E-state index in [0.29, 0.717) is 0 Å². The summed E-state index contributed by atoms with van der Waals surface area (Å²) in [5, 5.41) is 10.7. The number of amides is 1. The highest BCUT2D eigenvalue weighted by molar-refractivity contribution is 8.00. The number of aromatic nitrogens is 1. The molecular weight excluding hydrogens is 321 g/mol. The molecule has 22 heavy (non-hydrogen) atoms. The van der Waals surface area contributed by atoms with Crippen molar-refractivity contribution >= 4 is 23.6 Å². The number of alkyl halides is 3. The molecule has 9 heteroatoms. The first-order chi connectivity index (χ1) is 10.2. The fraction of sp³-hybridized carbons (Fsp3) is 0.308. The number of aliphatic carboxylic acids is 1. The topological polar surface area (TPSA) is 79.3 Å². The van der Waals surface area contributed by atoms with Crippen LogP contribution in [0.1, 0.15) is 23.7 Å². The molecule has 1 amide bonds. The van der Waals surface area contributed by atoms with Gasteiger partial charge < -0.3 is 10.4 Å². The predicted molar refractivity (Wildman–Crippen MR) is 74.5 cm³/mol. The largest absolute Gasteiger partial charge is 0.480 e. The number of thioether (sulfide) groups is 1. The number of carboxylic acids is 1. The highest BCUT2D eigenvalue weighted by Crippen LogP contribution is 2.37. The molecule has 0 spiro atoms. The van der Waals surface area contributed by atoms with Crippen LogP contribution < -0.4 is 5.32 Å². The van der Waals surface area contributed by atoms with Gasteiger partial charge in [0, 0.05) is 18.0 Å². The van der Waals surface area contributed by atoms with Crippen molar-refractivity contribution in [2.45, 2.75) is 29.9 Å². The average molecular weight is 334 g/mol. The van der Waals surface area contributed by atoms with E-state index in [1.807, 2.05) is 0 Å². The van der Waals surface area contributed by atoms with E-state index in [2.05, 4.69) is 10.3 Å². The zero-order chi connectivity index (χ0) is 16.8. The Morgan fingerprint density at radius 1 is 1.50 bits per heavy atom. The number of carboxylic acid groups (broad SMARTS) is 1. The number of hydrogen-bond donors (Lipinski definition) is 2. The van der Waals surface area contributed by atoms with Crippen molar-refractivity contribution in [3.63, 3.8) is 0 Å². The highest BCUT2D eigenvalue weighted by Gasteiger charge is 2.32. The zero-order valence-electron chi connectivity index (χ0n) is 11.4. The molecule has 0 aliphatic rings. The minimum atomic E-state index is -4.60. The second-order valence-corrected chi connectivity index (χ2v) is 5.13. The lowest BCUT2D eigenvalue weighted by Gasteiger charge is -2.14.